The Hall–Kier alpha value is -2.01. The summed E-state index contributed by atoms with van der Waals surface area (Å²) in [5.41, 5.74) is 1.33. The van der Waals surface area contributed by atoms with E-state index in [-0.39, 0.29) is 0 Å². The van der Waals surface area contributed by atoms with Gasteiger partial charge in [0.2, 0.25) is 0 Å². The van der Waals surface area contributed by atoms with Gasteiger partial charge in [0.05, 0.1) is 13.7 Å². The molecule has 124 valence electrons. The first-order valence-corrected chi connectivity index (χ1v) is 8.71. The van der Waals surface area contributed by atoms with Crippen molar-refractivity contribution in [2.45, 2.75) is 25.8 Å². The van der Waals surface area contributed by atoms with E-state index in [0.717, 1.165) is 31.2 Å². The summed E-state index contributed by atoms with van der Waals surface area (Å²) in [7, 11) is 3.49. The summed E-state index contributed by atoms with van der Waals surface area (Å²) in [6.45, 7) is 3.94. The van der Waals surface area contributed by atoms with E-state index in [2.05, 4.69) is 52.2 Å². The van der Waals surface area contributed by atoms with Gasteiger partial charge >= 0.3 is 0 Å². The Balaban J connectivity index is 1.73. The van der Waals surface area contributed by atoms with Crippen molar-refractivity contribution >= 4 is 17.3 Å². The average molecular weight is 331 g/mol. The molecule has 2 rings (SSSR count). The quantitative estimate of drug-likeness (QED) is 0.602. The van der Waals surface area contributed by atoms with Crippen molar-refractivity contribution in [3.05, 3.63) is 52.2 Å². The van der Waals surface area contributed by atoms with Crippen molar-refractivity contribution in [3.8, 4) is 5.75 Å². The Labute approximate surface area is 142 Å². The highest BCUT2D eigenvalue weighted by Gasteiger charge is 2.06. The standard InChI is InChI=1S/C18H25N3OS/c1-14(15-6-8-16(22-3)9-7-15)10-11-20-18(19-2)21-13-17-5-4-12-23-17/h4-9,12,14H,10-11,13H2,1-3H3,(H2,19,20,21). The molecule has 0 fully saturated rings. The zero-order valence-electron chi connectivity index (χ0n) is 14.0. The van der Waals surface area contributed by atoms with Crippen LogP contribution in [0.25, 0.3) is 0 Å². The van der Waals surface area contributed by atoms with Crippen LogP contribution in [0.3, 0.4) is 0 Å². The Morgan fingerprint density at radius 3 is 2.61 bits per heavy atom. The summed E-state index contributed by atoms with van der Waals surface area (Å²) in [6.07, 6.45) is 1.05. The minimum Gasteiger partial charge on any atom is -0.497 e. The van der Waals surface area contributed by atoms with E-state index in [1.54, 1.807) is 25.5 Å². The van der Waals surface area contributed by atoms with Gasteiger partial charge in [0, 0.05) is 18.5 Å². The molecular weight excluding hydrogens is 306 g/mol. The predicted molar refractivity (Wildman–Crippen MR) is 98.5 cm³/mol. The van der Waals surface area contributed by atoms with Gasteiger partial charge < -0.3 is 15.4 Å². The fourth-order valence-corrected chi connectivity index (χ4v) is 2.96. The molecule has 1 heterocycles. The summed E-state index contributed by atoms with van der Waals surface area (Å²) in [4.78, 5) is 5.57. The van der Waals surface area contributed by atoms with Crippen LogP contribution in [0.1, 0.15) is 29.7 Å². The van der Waals surface area contributed by atoms with Crippen LogP contribution in [0.4, 0.5) is 0 Å². The lowest BCUT2D eigenvalue weighted by Gasteiger charge is -2.15. The molecule has 0 aliphatic carbocycles. The Morgan fingerprint density at radius 1 is 1.22 bits per heavy atom. The molecule has 0 amide bonds. The predicted octanol–water partition coefficient (Wildman–Crippen LogP) is 3.62. The van der Waals surface area contributed by atoms with Crippen molar-refractivity contribution in [1.29, 1.82) is 0 Å². The molecule has 0 bridgehead atoms. The Kier molecular flexibility index (Phi) is 6.94. The molecule has 0 saturated carbocycles. The molecule has 0 saturated heterocycles. The second kappa shape index (κ2) is 9.20. The molecular formula is C18H25N3OS. The summed E-state index contributed by atoms with van der Waals surface area (Å²) < 4.78 is 5.20. The molecule has 2 aromatic rings. The van der Waals surface area contributed by atoms with E-state index >= 15 is 0 Å². The van der Waals surface area contributed by atoms with Crippen molar-refractivity contribution in [1.82, 2.24) is 10.6 Å². The summed E-state index contributed by atoms with van der Waals surface area (Å²) >= 11 is 1.75. The first-order chi connectivity index (χ1) is 11.2. The Bertz CT molecular complexity index is 593. The number of nitrogens with zero attached hydrogens (tertiary/aromatic N) is 1. The average Bonchev–Trinajstić information content (AvgIpc) is 3.11. The molecule has 2 N–H and O–H groups in total. The molecule has 1 aromatic heterocycles. The minimum absolute atomic E-state index is 0.490. The van der Waals surface area contributed by atoms with E-state index in [1.807, 2.05) is 12.1 Å². The third-order valence-electron chi connectivity index (χ3n) is 3.79. The molecule has 0 spiro atoms. The topological polar surface area (TPSA) is 45.7 Å². The lowest BCUT2D eigenvalue weighted by molar-refractivity contribution is 0.414. The SMILES string of the molecule is CN=C(NCCC(C)c1ccc(OC)cc1)NCc1cccs1. The third-order valence-corrected chi connectivity index (χ3v) is 4.66. The third kappa shape index (κ3) is 5.60. The number of rotatable bonds is 7. The highest BCUT2D eigenvalue weighted by molar-refractivity contribution is 7.09. The number of hydrogen-bond acceptors (Lipinski definition) is 3. The van der Waals surface area contributed by atoms with E-state index in [1.165, 1.54) is 10.4 Å². The maximum atomic E-state index is 5.20. The normalized spacial score (nSPS) is 12.7. The van der Waals surface area contributed by atoms with Crippen molar-refractivity contribution in [3.63, 3.8) is 0 Å². The van der Waals surface area contributed by atoms with Crippen LogP contribution in [0.5, 0.6) is 5.75 Å². The van der Waals surface area contributed by atoms with E-state index in [4.69, 9.17) is 4.74 Å². The van der Waals surface area contributed by atoms with Crippen LogP contribution in [0.2, 0.25) is 0 Å². The van der Waals surface area contributed by atoms with Gasteiger partial charge in [-0.25, -0.2) is 0 Å². The number of guanidine groups is 1. The molecule has 0 radical (unpaired) electrons. The summed E-state index contributed by atoms with van der Waals surface area (Å²) in [6, 6.07) is 12.5. The first kappa shape index (κ1) is 17.3. The fourth-order valence-electron chi connectivity index (χ4n) is 2.31. The van der Waals surface area contributed by atoms with Crippen LogP contribution >= 0.6 is 11.3 Å². The van der Waals surface area contributed by atoms with Crippen molar-refractivity contribution < 1.29 is 4.74 Å². The molecule has 0 aliphatic heterocycles. The van der Waals surface area contributed by atoms with Gasteiger partial charge in [0.25, 0.3) is 0 Å². The van der Waals surface area contributed by atoms with Crippen LogP contribution in [-0.2, 0) is 6.54 Å². The van der Waals surface area contributed by atoms with E-state index < -0.39 is 0 Å². The largest absolute Gasteiger partial charge is 0.497 e. The fraction of sp³-hybridized carbons (Fsp3) is 0.389. The zero-order valence-corrected chi connectivity index (χ0v) is 14.8. The number of nitrogens with one attached hydrogen (secondary N) is 2. The van der Waals surface area contributed by atoms with Gasteiger partial charge in [-0.1, -0.05) is 25.1 Å². The highest BCUT2D eigenvalue weighted by atomic mass is 32.1. The van der Waals surface area contributed by atoms with Gasteiger partial charge in [-0.15, -0.1) is 11.3 Å². The van der Waals surface area contributed by atoms with Crippen LogP contribution in [-0.4, -0.2) is 26.7 Å². The van der Waals surface area contributed by atoms with Gasteiger partial charge in [0.1, 0.15) is 5.75 Å². The monoisotopic (exact) mass is 331 g/mol. The first-order valence-electron chi connectivity index (χ1n) is 7.83. The molecule has 5 heteroatoms. The van der Waals surface area contributed by atoms with Crippen molar-refractivity contribution in [2.75, 3.05) is 20.7 Å². The van der Waals surface area contributed by atoms with Crippen LogP contribution < -0.4 is 15.4 Å². The maximum Gasteiger partial charge on any atom is 0.191 e. The molecule has 1 unspecified atom stereocenters. The molecule has 1 aromatic carbocycles. The Morgan fingerprint density at radius 2 is 2.00 bits per heavy atom. The van der Waals surface area contributed by atoms with E-state index in [9.17, 15) is 0 Å². The number of aliphatic imine (C=N–C) groups is 1. The number of ether oxygens (including phenoxy) is 1. The number of benzene rings is 1. The van der Waals surface area contributed by atoms with Gasteiger partial charge in [-0.2, -0.15) is 0 Å². The number of methoxy groups -OCH3 is 1. The second-order valence-corrected chi connectivity index (χ2v) is 6.43. The lowest BCUT2D eigenvalue weighted by Crippen LogP contribution is -2.37. The highest BCUT2D eigenvalue weighted by Crippen LogP contribution is 2.21. The molecule has 1 atom stereocenters. The van der Waals surface area contributed by atoms with Crippen LogP contribution in [0.15, 0.2) is 46.8 Å². The van der Waals surface area contributed by atoms with Gasteiger partial charge in [-0.3, -0.25) is 4.99 Å². The smallest absolute Gasteiger partial charge is 0.191 e. The van der Waals surface area contributed by atoms with Crippen molar-refractivity contribution in [2.24, 2.45) is 4.99 Å². The lowest BCUT2D eigenvalue weighted by atomic mass is 9.98. The molecule has 0 aliphatic rings. The number of hydrogen-bond donors (Lipinski definition) is 2. The van der Waals surface area contributed by atoms with Crippen LogP contribution in [0, 0.1) is 0 Å². The second-order valence-electron chi connectivity index (χ2n) is 5.39. The molecule has 23 heavy (non-hydrogen) atoms. The van der Waals surface area contributed by atoms with E-state index in [0.29, 0.717) is 5.92 Å². The zero-order chi connectivity index (χ0) is 16.5. The van der Waals surface area contributed by atoms with Gasteiger partial charge in [-0.05, 0) is 41.5 Å². The molecule has 4 nitrogen and oxygen atoms in total. The number of thiophene rings is 1. The maximum absolute atomic E-state index is 5.20. The minimum atomic E-state index is 0.490. The summed E-state index contributed by atoms with van der Waals surface area (Å²) in [5.74, 6) is 2.24. The van der Waals surface area contributed by atoms with Gasteiger partial charge in [0.15, 0.2) is 5.96 Å². The summed E-state index contributed by atoms with van der Waals surface area (Å²) in [5, 5.41) is 8.79.